The van der Waals surface area contributed by atoms with Gasteiger partial charge in [-0.25, -0.2) is 4.79 Å². The van der Waals surface area contributed by atoms with Gasteiger partial charge in [0.25, 0.3) is 6.29 Å². The Morgan fingerprint density at radius 2 is 2.00 bits per heavy atom. The first-order chi connectivity index (χ1) is 13.4. The maximum Gasteiger partial charge on any atom is 0.375 e. The SMILES string of the molecule is COC(=O)C(O)Oc1ccc(Cl)c2ncc(Cc3ccc(C#N)cc3)c(C)c12. The van der Waals surface area contributed by atoms with Crippen LogP contribution in [0, 0.1) is 18.3 Å². The minimum absolute atomic E-state index is 0.281. The summed E-state index contributed by atoms with van der Waals surface area (Å²) in [6.45, 7) is 1.90. The van der Waals surface area contributed by atoms with Gasteiger partial charge in [-0.15, -0.1) is 0 Å². The zero-order valence-corrected chi connectivity index (χ0v) is 16.0. The van der Waals surface area contributed by atoms with E-state index < -0.39 is 12.3 Å². The van der Waals surface area contributed by atoms with Crippen LogP contribution in [0.4, 0.5) is 0 Å². The molecule has 0 spiro atoms. The van der Waals surface area contributed by atoms with Gasteiger partial charge < -0.3 is 14.6 Å². The first-order valence-corrected chi connectivity index (χ1v) is 8.80. The zero-order chi connectivity index (χ0) is 20.3. The van der Waals surface area contributed by atoms with Crippen molar-refractivity contribution in [2.24, 2.45) is 0 Å². The summed E-state index contributed by atoms with van der Waals surface area (Å²) in [6.07, 6.45) is 0.574. The third kappa shape index (κ3) is 3.91. The van der Waals surface area contributed by atoms with Crippen LogP contribution in [0.2, 0.25) is 5.02 Å². The molecule has 0 aliphatic rings. The third-order valence-electron chi connectivity index (χ3n) is 4.42. The van der Waals surface area contributed by atoms with Crippen molar-refractivity contribution in [3.05, 3.63) is 69.9 Å². The fraction of sp³-hybridized carbons (Fsp3) is 0.190. The van der Waals surface area contributed by atoms with Gasteiger partial charge in [0, 0.05) is 11.6 Å². The fourth-order valence-electron chi connectivity index (χ4n) is 2.90. The number of carbonyl (C=O) groups excluding carboxylic acids is 1. The monoisotopic (exact) mass is 396 g/mol. The number of methoxy groups -OCH3 is 1. The molecular weight excluding hydrogens is 380 g/mol. The highest BCUT2D eigenvalue weighted by Gasteiger charge is 2.21. The van der Waals surface area contributed by atoms with Crippen LogP contribution in [0.25, 0.3) is 10.9 Å². The van der Waals surface area contributed by atoms with E-state index in [0.29, 0.717) is 27.9 Å². The maximum absolute atomic E-state index is 11.5. The largest absolute Gasteiger partial charge is 0.464 e. The van der Waals surface area contributed by atoms with E-state index in [-0.39, 0.29) is 5.75 Å². The Balaban J connectivity index is 2.03. The quantitative estimate of drug-likeness (QED) is 0.524. The molecule has 1 unspecified atom stereocenters. The van der Waals surface area contributed by atoms with E-state index in [2.05, 4.69) is 15.8 Å². The van der Waals surface area contributed by atoms with Crippen molar-refractivity contribution in [2.75, 3.05) is 7.11 Å². The number of ether oxygens (including phenoxy) is 2. The van der Waals surface area contributed by atoms with Crippen LogP contribution in [-0.2, 0) is 16.0 Å². The van der Waals surface area contributed by atoms with Crippen LogP contribution in [0.3, 0.4) is 0 Å². The summed E-state index contributed by atoms with van der Waals surface area (Å²) in [4.78, 5) is 15.9. The van der Waals surface area contributed by atoms with Gasteiger partial charge in [-0.3, -0.25) is 4.98 Å². The topological polar surface area (TPSA) is 92.4 Å². The molecule has 1 aromatic heterocycles. The van der Waals surface area contributed by atoms with Crippen LogP contribution >= 0.6 is 11.6 Å². The summed E-state index contributed by atoms with van der Waals surface area (Å²) >= 11 is 6.27. The second kappa shape index (κ2) is 8.26. The van der Waals surface area contributed by atoms with Gasteiger partial charge in [0.15, 0.2) is 0 Å². The minimum atomic E-state index is -1.75. The molecule has 0 amide bonds. The summed E-state index contributed by atoms with van der Waals surface area (Å²) in [5.74, 6) is -0.619. The lowest BCUT2D eigenvalue weighted by molar-refractivity contribution is -0.165. The minimum Gasteiger partial charge on any atom is -0.464 e. The van der Waals surface area contributed by atoms with Crippen molar-refractivity contribution in [3.63, 3.8) is 0 Å². The van der Waals surface area contributed by atoms with Crippen molar-refractivity contribution in [1.82, 2.24) is 4.98 Å². The number of esters is 1. The molecule has 2 aromatic carbocycles. The van der Waals surface area contributed by atoms with Crippen molar-refractivity contribution >= 4 is 28.5 Å². The summed E-state index contributed by atoms with van der Waals surface area (Å²) in [5, 5.41) is 19.8. The number of hydrogen-bond acceptors (Lipinski definition) is 6. The number of benzene rings is 2. The normalized spacial score (nSPS) is 11.7. The molecule has 0 aliphatic heterocycles. The number of aliphatic hydroxyl groups is 1. The number of nitriles is 1. The summed E-state index contributed by atoms with van der Waals surface area (Å²) in [6, 6.07) is 12.6. The lowest BCUT2D eigenvalue weighted by Crippen LogP contribution is -2.28. The second-order valence-corrected chi connectivity index (χ2v) is 6.56. The summed E-state index contributed by atoms with van der Waals surface area (Å²) in [7, 11) is 1.16. The highest BCUT2D eigenvalue weighted by Crippen LogP contribution is 2.35. The number of aryl methyl sites for hydroxylation is 1. The predicted octanol–water partition coefficient (Wildman–Crippen LogP) is 3.53. The standard InChI is InChI=1S/C21H17ClN2O4/c1-12-15(9-13-3-5-14(10-23)6-4-13)11-24-19-16(22)7-8-17(18(12)19)28-21(26)20(25)27-2/h3-8,11,21,26H,9H2,1-2H3. The van der Waals surface area contributed by atoms with E-state index in [1.165, 1.54) is 0 Å². The highest BCUT2D eigenvalue weighted by atomic mass is 35.5. The molecule has 7 heteroatoms. The zero-order valence-electron chi connectivity index (χ0n) is 15.3. The molecule has 0 fully saturated rings. The number of aliphatic hydroxyl groups excluding tert-OH is 1. The molecule has 1 atom stereocenters. The number of rotatable bonds is 5. The van der Waals surface area contributed by atoms with Gasteiger partial charge in [-0.2, -0.15) is 5.26 Å². The molecule has 0 bridgehead atoms. The molecule has 3 aromatic rings. The van der Waals surface area contributed by atoms with E-state index in [0.717, 1.165) is 23.8 Å². The summed E-state index contributed by atoms with van der Waals surface area (Å²) < 4.78 is 9.89. The predicted molar refractivity (Wildman–Crippen MR) is 104 cm³/mol. The molecule has 0 aliphatic carbocycles. The Hall–Kier alpha value is -3.14. The van der Waals surface area contributed by atoms with Gasteiger partial charge in [0.05, 0.1) is 29.3 Å². The van der Waals surface area contributed by atoms with Gasteiger partial charge in [-0.1, -0.05) is 23.7 Å². The molecule has 0 saturated carbocycles. The van der Waals surface area contributed by atoms with Crippen molar-refractivity contribution in [2.45, 2.75) is 19.6 Å². The number of fused-ring (bicyclic) bond motifs is 1. The van der Waals surface area contributed by atoms with E-state index in [4.69, 9.17) is 21.6 Å². The third-order valence-corrected chi connectivity index (χ3v) is 4.72. The number of hydrogen-bond donors (Lipinski definition) is 1. The van der Waals surface area contributed by atoms with Crippen molar-refractivity contribution < 1.29 is 19.4 Å². The van der Waals surface area contributed by atoms with Gasteiger partial charge >= 0.3 is 5.97 Å². The molecule has 142 valence electrons. The number of pyridine rings is 1. The molecule has 3 rings (SSSR count). The number of nitrogens with zero attached hydrogens (tertiary/aromatic N) is 2. The van der Waals surface area contributed by atoms with Crippen LogP contribution in [-0.4, -0.2) is 29.5 Å². The molecule has 0 radical (unpaired) electrons. The molecule has 28 heavy (non-hydrogen) atoms. The molecule has 1 heterocycles. The second-order valence-electron chi connectivity index (χ2n) is 6.16. The van der Waals surface area contributed by atoms with E-state index in [9.17, 15) is 9.90 Å². The average Bonchev–Trinajstić information content (AvgIpc) is 2.71. The number of halogens is 1. The number of aromatic nitrogens is 1. The lowest BCUT2D eigenvalue weighted by atomic mass is 9.98. The van der Waals surface area contributed by atoms with Gasteiger partial charge in [0.2, 0.25) is 0 Å². The van der Waals surface area contributed by atoms with E-state index in [1.54, 1.807) is 30.5 Å². The molecule has 1 N–H and O–H groups in total. The Bertz CT molecular complexity index is 1070. The first-order valence-electron chi connectivity index (χ1n) is 8.43. The van der Waals surface area contributed by atoms with Gasteiger partial charge in [-0.05, 0) is 54.3 Å². The van der Waals surface area contributed by atoms with E-state index in [1.807, 2.05) is 19.1 Å². The van der Waals surface area contributed by atoms with Crippen molar-refractivity contribution in [3.8, 4) is 11.8 Å². The van der Waals surface area contributed by atoms with Crippen LogP contribution in [0.15, 0.2) is 42.6 Å². The number of carbonyl (C=O) groups is 1. The van der Waals surface area contributed by atoms with Crippen molar-refractivity contribution in [1.29, 1.82) is 5.26 Å². The van der Waals surface area contributed by atoms with Crippen LogP contribution < -0.4 is 4.74 Å². The maximum atomic E-state index is 11.5. The molecular formula is C21H17ClN2O4. The average molecular weight is 397 g/mol. The van der Waals surface area contributed by atoms with Crippen LogP contribution in [0.5, 0.6) is 5.75 Å². The summed E-state index contributed by atoms with van der Waals surface area (Å²) in [5.41, 5.74) is 3.91. The smallest absolute Gasteiger partial charge is 0.375 e. The Morgan fingerprint density at radius 3 is 2.64 bits per heavy atom. The Kier molecular flexibility index (Phi) is 5.78. The Morgan fingerprint density at radius 1 is 1.29 bits per heavy atom. The molecule has 0 saturated heterocycles. The lowest BCUT2D eigenvalue weighted by Gasteiger charge is -2.16. The van der Waals surface area contributed by atoms with Crippen LogP contribution in [0.1, 0.15) is 22.3 Å². The highest BCUT2D eigenvalue weighted by molar-refractivity contribution is 6.35. The first kappa shape index (κ1) is 19.6. The molecule has 6 nitrogen and oxygen atoms in total. The van der Waals surface area contributed by atoms with Gasteiger partial charge in [0.1, 0.15) is 5.75 Å². The Labute approximate surface area is 166 Å². The fourth-order valence-corrected chi connectivity index (χ4v) is 3.10. The van der Waals surface area contributed by atoms with E-state index >= 15 is 0 Å².